The number of thiazole rings is 1. The molecule has 8 nitrogen and oxygen atoms in total. The molecule has 4 aromatic rings. The zero-order chi connectivity index (χ0) is 17.9. The quantitative estimate of drug-likeness (QED) is 0.488. The lowest BCUT2D eigenvalue weighted by atomic mass is 10.2. The first-order valence-electron chi connectivity index (χ1n) is 7.69. The van der Waals surface area contributed by atoms with E-state index in [-0.39, 0.29) is 0 Å². The molecule has 0 unspecified atom stereocenters. The number of benzene rings is 2. The number of nitrogens with zero attached hydrogens (tertiary/aromatic N) is 3. The smallest absolute Gasteiger partial charge is 0.410 e. The van der Waals surface area contributed by atoms with Gasteiger partial charge in [0.25, 0.3) is 0 Å². The lowest BCUT2D eigenvalue weighted by Crippen LogP contribution is -2.06. The second kappa shape index (κ2) is 6.81. The van der Waals surface area contributed by atoms with Crippen LogP contribution in [0.1, 0.15) is 5.56 Å². The van der Waals surface area contributed by atoms with Gasteiger partial charge < -0.3 is 14.8 Å². The number of hydrogen-bond donors (Lipinski definition) is 3. The third kappa shape index (κ3) is 3.47. The molecule has 0 radical (unpaired) electrons. The highest BCUT2D eigenvalue weighted by atomic mass is 32.1. The van der Waals surface area contributed by atoms with Crippen LogP contribution in [0.25, 0.3) is 21.7 Å². The van der Waals surface area contributed by atoms with E-state index in [0.29, 0.717) is 29.1 Å². The summed E-state index contributed by atoms with van der Waals surface area (Å²) in [6.07, 6.45) is -1.14. The third-order valence-corrected chi connectivity index (χ3v) is 4.49. The van der Waals surface area contributed by atoms with Crippen molar-refractivity contribution in [1.29, 1.82) is 0 Å². The molecule has 0 saturated carbocycles. The first-order valence-corrected chi connectivity index (χ1v) is 8.51. The molecular formula is C17H13N5O3S. The maximum atomic E-state index is 10.7. The fourth-order valence-corrected chi connectivity index (χ4v) is 3.28. The second-order valence-electron chi connectivity index (χ2n) is 5.38. The van der Waals surface area contributed by atoms with Crippen LogP contribution >= 0.6 is 11.3 Å². The molecule has 9 heteroatoms. The van der Waals surface area contributed by atoms with Crippen LogP contribution in [-0.2, 0) is 6.54 Å². The van der Waals surface area contributed by atoms with Gasteiger partial charge in [0.05, 0.1) is 10.2 Å². The highest BCUT2D eigenvalue weighted by molar-refractivity contribution is 7.22. The van der Waals surface area contributed by atoms with Crippen molar-refractivity contribution in [2.24, 2.45) is 0 Å². The number of rotatable bonds is 5. The third-order valence-electron chi connectivity index (χ3n) is 3.56. The summed E-state index contributed by atoms with van der Waals surface area (Å²) in [4.78, 5) is 14.9. The van der Waals surface area contributed by atoms with Crippen LogP contribution in [0.5, 0.6) is 0 Å². The number of anilines is 2. The molecule has 2 aromatic heterocycles. The average molecular weight is 367 g/mol. The first-order chi connectivity index (χ1) is 12.7. The van der Waals surface area contributed by atoms with Crippen LogP contribution in [0.3, 0.4) is 0 Å². The number of carboxylic acid groups (broad SMARTS) is 1. The SMILES string of the molecule is O=C(O)Nc1nc2ccc(-c3nnc(NCc4ccccc4)o3)cc2s1. The molecule has 1 amide bonds. The molecule has 130 valence electrons. The minimum atomic E-state index is -1.14. The van der Waals surface area contributed by atoms with Crippen LogP contribution in [0.15, 0.2) is 52.9 Å². The predicted octanol–water partition coefficient (Wildman–Crippen LogP) is 4.05. The van der Waals surface area contributed by atoms with Crippen molar-refractivity contribution < 1.29 is 14.3 Å². The maximum absolute atomic E-state index is 10.7. The lowest BCUT2D eigenvalue weighted by molar-refractivity contribution is 0.209. The fourth-order valence-electron chi connectivity index (χ4n) is 2.39. The Kier molecular flexibility index (Phi) is 4.20. The van der Waals surface area contributed by atoms with Crippen LogP contribution in [-0.4, -0.2) is 26.4 Å². The zero-order valence-corrected chi connectivity index (χ0v) is 14.2. The van der Waals surface area contributed by atoms with Crippen LogP contribution in [0, 0.1) is 0 Å². The molecule has 0 aliphatic carbocycles. The molecule has 0 bridgehead atoms. The van der Waals surface area contributed by atoms with Crippen LogP contribution in [0.4, 0.5) is 15.9 Å². The number of hydrogen-bond acceptors (Lipinski definition) is 7. The summed E-state index contributed by atoms with van der Waals surface area (Å²) in [5.41, 5.74) is 2.55. The molecule has 0 saturated heterocycles. The average Bonchev–Trinajstić information content (AvgIpc) is 3.26. The van der Waals surface area contributed by atoms with E-state index in [0.717, 1.165) is 15.8 Å². The van der Waals surface area contributed by atoms with Gasteiger partial charge in [-0.3, -0.25) is 5.32 Å². The Morgan fingerprint density at radius 1 is 1.15 bits per heavy atom. The fraction of sp³-hybridized carbons (Fsp3) is 0.0588. The monoisotopic (exact) mass is 367 g/mol. The Morgan fingerprint density at radius 3 is 2.81 bits per heavy atom. The summed E-state index contributed by atoms with van der Waals surface area (Å²) < 4.78 is 6.48. The topological polar surface area (TPSA) is 113 Å². The molecular weight excluding hydrogens is 354 g/mol. The van der Waals surface area contributed by atoms with Crippen molar-refractivity contribution in [3.63, 3.8) is 0 Å². The van der Waals surface area contributed by atoms with Gasteiger partial charge >= 0.3 is 12.1 Å². The van der Waals surface area contributed by atoms with Crippen molar-refractivity contribution in [2.75, 3.05) is 10.6 Å². The highest BCUT2D eigenvalue weighted by Gasteiger charge is 2.12. The molecule has 0 aliphatic rings. The Labute approximate surface area is 151 Å². The maximum Gasteiger partial charge on any atom is 0.410 e. The van der Waals surface area contributed by atoms with E-state index in [4.69, 9.17) is 9.52 Å². The molecule has 0 spiro atoms. The van der Waals surface area contributed by atoms with E-state index in [1.807, 2.05) is 36.4 Å². The van der Waals surface area contributed by atoms with E-state index >= 15 is 0 Å². The number of carbonyl (C=O) groups is 1. The number of amides is 1. The number of aromatic nitrogens is 3. The standard InChI is InChI=1S/C17H13N5O3S/c23-17(24)20-16-19-12-7-6-11(8-13(12)26-16)14-21-22-15(25-14)18-9-10-4-2-1-3-5-10/h1-8H,9H2,(H,18,22)(H,19,20)(H,23,24). The Hall–Kier alpha value is -3.46. The highest BCUT2D eigenvalue weighted by Crippen LogP contribution is 2.30. The Bertz CT molecular complexity index is 1060. The minimum absolute atomic E-state index is 0.320. The predicted molar refractivity (Wildman–Crippen MR) is 98.3 cm³/mol. The second-order valence-corrected chi connectivity index (χ2v) is 6.41. The van der Waals surface area contributed by atoms with Gasteiger partial charge in [-0.15, -0.1) is 5.10 Å². The molecule has 0 fully saturated rings. The van der Waals surface area contributed by atoms with Gasteiger partial charge in [-0.25, -0.2) is 9.78 Å². The largest absolute Gasteiger partial charge is 0.465 e. The number of fused-ring (bicyclic) bond motifs is 1. The van der Waals surface area contributed by atoms with E-state index < -0.39 is 6.09 Å². The summed E-state index contributed by atoms with van der Waals surface area (Å²) in [7, 11) is 0. The summed E-state index contributed by atoms with van der Waals surface area (Å²) in [5, 5.41) is 22.5. The van der Waals surface area contributed by atoms with Gasteiger partial charge in [-0.05, 0) is 23.8 Å². The van der Waals surface area contributed by atoms with E-state index in [1.165, 1.54) is 11.3 Å². The van der Waals surface area contributed by atoms with Gasteiger partial charge in [0.15, 0.2) is 5.13 Å². The lowest BCUT2D eigenvalue weighted by Gasteiger charge is -2.00. The summed E-state index contributed by atoms with van der Waals surface area (Å²) in [6.45, 7) is 0.584. The Morgan fingerprint density at radius 2 is 2.00 bits per heavy atom. The van der Waals surface area contributed by atoms with Gasteiger partial charge in [-0.2, -0.15) is 0 Å². The summed E-state index contributed by atoms with van der Waals surface area (Å²) >= 11 is 1.24. The van der Waals surface area contributed by atoms with Gasteiger partial charge in [0, 0.05) is 12.1 Å². The zero-order valence-electron chi connectivity index (χ0n) is 13.3. The van der Waals surface area contributed by atoms with Crippen molar-refractivity contribution in [3.05, 3.63) is 54.1 Å². The normalized spacial score (nSPS) is 10.8. The van der Waals surface area contributed by atoms with Crippen molar-refractivity contribution in [2.45, 2.75) is 6.54 Å². The molecule has 4 rings (SSSR count). The number of nitrogens with one attached hydrogen (secondary N) is 2. The van der Waals surface area contributed by atoms with E-state index in [9.17, 15) is 4.79 Å². The van der Waals surface area contributed by atoms with Gasteiger partial charge in [0.1, 0.15) is 0 Å². The minimum Gasteiger partial charge on any atom is -0.465 e. The van der Waals surface area contributed by atoms with Crippen LogP contribution in [0.2, 0.25) is 0 Å². The molecule has 0 atom stereocenters. The molecule has 0 aliphatic heterocycles. The molecule has 2 heterocycles. The first kappa shape index (κ1) is 16.0. The summed E-state index contributed by atoms with van der Waals surface area (Å²) in [6, 6.07) is 15.7. The Balaban J connectivity index is 1.52. The van der Waals surface area contributed by atoms with Gasteiger partial charge in [-0.1, -0.05) is 46.8 Å². The van der Waals surface area contributed by atoms with Gasteiger partial charge in [0.2, 0.25) is 5.89 Å². The van der Waals surface area contributed by atoms with Crippen molar-refractivity contribution >= 4 is 38.8 Å². The van der Waals surface area contributed by atoms with Crippen LogP contribution < -0.4 is 10.6 Å². The molecule has 26 heavy (non-hydrogen) atoms. The van der Waals surface area contributed by atoms with Crippen molar-refractivity contribution in [1.82, 2.24) is 15.2 Å². The van der Waals surface area contributed by atoms with Crippen molar-refractivity contribution in [3.8, 4) is 11.5 Å². The molecule has 2 aromatic carbocycles. The molecule has 3 N–H and O–H groups in total. The van der Waals surface area contributed by atoms with E-state index in [1.54, 1.807) is 12.1 Å². The summed E-state index contributed by atoms with van der Waals surface area (Å²) in [5.74, 6) is 0.378. The van der Waals surface area contributed by atoms with E-state index in [2.05, 4.69) is 25.8 Å².